The molecule has 1 fully saturated rings. The molecule has 140 valence electrons. The molecule has 1 aliphatic heterocycles. The number of fused-ring (bicyclic) bond motifs is 1. The summed E-state index contributed by atoms with van der Waals surface area (Å²) in [5.74, 6) is 0.600. The van der Waals surface area contributed by atoms with Gasteiger partial charge < -0.3 is 10.2 Å². The Morgan fingerprint density at radius 2 is 1.96 bits per heavy atom. The zero-order valence-electron chi connectivity index (χ0n) is 16.0. The first-order valence-corrected chi connectivity index (χ1v) is 9.84. The van der Waals surface area contributed by atoms with E-state index in [0.29, 0.717) is 19.0 Å². The molecule has 1 N–H and O–H groups in total. The van der Waals surface area contributed by atoms with E-state index in [1.54, 1.807) is 4.90 Å². The molecule has 1 aromatic rings. The largest absolute Gasteiger partial charge is 0.349 e. The van der Waals surface area contributed by atoms with Crippen molar-refractivity contribution in [2.75, 3.05) is 13.1 Å². The second-order valence-electron chi connectivity index (χ2n) is 7.87. The molecule has 26 heavy (non-hydrogen) atoms. The third-order valence-electron chi connectivity index (χ3n) is 5.82. The maximum atomic E-state index is 12.8. The van der Waals surface area contributed by atoms with Crippen LogP contribution in [-0.2, 0) is 16.0 Å². The third-order valence-corrected chi connectivity index (χ3v) is 5.82. The van der Waals surface area contributed by atoms with Gasteiger partial charge in [0.2, 0.25) is 11.8 Å². The minimum atomic E-state index is -0.0359. The number of amides is 2. The molecular weight excluding hydrogens is 324 g/mol. The quantitative estimate of drug-likeness (QED) is 0.838. The van der Waals surface area contributed by atoms with Gasteiger partial charge >= 0.3 is 0 Å². The number of carbonyl (C=O) groups is 2. The molecule has 1 heterocycles. The zero-order chi connectivity index (χ0) is 18.7. The summed E-state index contributed by atoms with van der Waals surface area (Å²) in [7, 11) is 0. The van der Waals surface area contributed by atoms with Gasteiger partial charge in [-0.3, -0.25) is 9.59 Å². The number of carbonyl (C=O) groups excluding carboxylic acids is 2. The van der Waals surface area contributed by atoms with Crippen LogP contribution in [0.2, 0.25) is 0 Å². The molecule has 0 saturated carbocycles. The number of nitrogens with zero attached hydrogens (tertiary/aromatic N) is 1. The van der Waals surface area contributed by atoms with Gasteiger partial charge in [-0.1, -0.05) is 38.6 Å². The highest BCUT2D eigenvalue weighted by Gasteiger charge is 2.29. The number of likely N-dealkylation sites (tertiary alicyclic amines) is 1. The van der Waals surface area contributed by atoms with Gasteiger partial charge in [0.1, 0.15) is 0 Å². The number of benzene rings is 1. The van der Waals surface area contributed by atoms with E-state index in [4.69, 9.17) is 0 Å². The molecule has 4 nitrogen and oxygen atoms in total. The van der Waals surface area contributed by atoms with E-state index in [-0.39, 0.29) is 23.8 Å². The van der Waals surface area contributed by atoms with E-state index in [1.165, 1.54) is 22.8 Å². The van der Waals surface area contributed by atoms with Gasteiger partial charge in [-0.15, -0.1) is 0 Å². The molecule has 0 aromatic heterocycles. The summed E-state index contributed by atoms with van der Waals surface area (Å²) in [6, 6.07) is 6.87. The Balaban J connectivity index is 1.65. The van der Waals surface area contributed by atoms with Gasteiger partial charge in [0, 0.05) is 19.0 Å². The lowest BCUT2D eigenvalue weighted by Crippen LogP contribution is -2.43. The maximum absolute atomic E-state index is 12.8. The topological polar surface area (TPSA) is 49.4 Å². The fourth-order valence-electron chi connectivity index (χ4n) is 4.11. The first-order chi connectivity index (χ1) is 12.5. The highest BCUT2D eigenvalue weighted by atomic mass is 16.2. The van der Waals surface area contributed by atoms with Crippen LogP contribution in [0.4, 0.5) is 0 Å². The van der Waals surface area contributed by atoms with Crippen molar-refractivity contribution >= 4 is 11.8 Å². The highest BCUT2D eigenvalue weighted by Crippen LogP contribution is 2.32. The Labute approximate surface area is 156 Å². The molecule has 1 atom stereocenters. The van der Waals surface area contributed by atoms with Gasteiger partial charge in [0.15, 0.2) is 0 Å². The third kappa shape index (κ3) is 4.00. The molecular formula is C22H30N2O2. The van der Waals surface area contributed by atoms with Crippen molar-refractivity contribution in [1.82, 2.24) is 10.2 Å². The van der Waals surface area contributed by atoms with E-state index in [2.05, 4.69) is 43.9 Å². The summed E-state index contributed by atoms with van der Waals surface area (Å²) >= 11 is 0. The van der Waals surface area contributed by atoms with Gasteiger partial charge in [0.25, 0.3) is 0 Å². The minimum Gasteiger partial charge on any atom is -0.349 e. The SMILES string of the molecule is C=CC(=O)N1CCC(C(=O)N[C@@H]2CCCc3ccc(C(C)C)cc32)CC1. The molecule has 3 rings (SSSR count). The van der Waals surface area contributed by atoms with Crippen LogP contribution in [0.25, 0.3) is 0 Å². The minimum absolute atomic E-state index is 0.00234. The number of hydrogen-bond donors (Lipinski definition) is 1. The Hall–Kier alpha value is -2.10. The fourth-order valence-corrected chi connectivity index (χ4v) is 4.11. The van der Waals surface area contributed by atoms with E-state index >= 15 is 0 Å². The lowest BCUT2D eigenvalue weighted by Gasteiger charge is -2.33. The second-order valence-corrected chi connectivity index (χ2v) is 7.87. The van der Waals surface area contributed by atoms with Gasteiger partial charge in [-0.2, -0.15) is 0 Å². The predicted octanol–water partition coefficient (Wildman–Crippen LogP) is 3.73. The van der Waals surface area contributed by atoms with Crippen LogP contribution in [0.15, 0.2) is 30.9 Å². The highest BCUT2D eigenvalue weighted by molar-refractivity contribution is 5.87. The summed E-state index contributed by atoms with van der Waals surface area (Å²) in [5, 5.41) is 3.31. The lowest BCUT2D eigenvalue weighted by atomic mass is 9.84. The van der Waals surface area contributed by atoms with Crippen LogP contribution in [0, 0.1) is 5.92 Å². The van der Waals surface area contributed by atoms with Gasteiger partial charge in [0.05, 0.1) is 6.04 Å². The fraction of sp³-hybridized carbons (Fsp3) is 0.545. The van der Waals surface area contributed by atoms with E-state index in [0.717, 1.165) is 32.1 Å². The molecule has 2 aliphatic rings. The number of hydrogen-bond acceptors (Lipinski definition) is 2. The molecule has 1 aliphatic carbocycles. The van der Waals surface area contributed by atoms with Crippen LogP contribution >= 0.6 is 0 Å². The maximum Gasteiger partial charge on any atom is 0.245 e. The van der Waals surface area contributed by atoms with Crippen molar-refractivity contribution in [2.45, 2.75) is 57.9 Å². The van der Waals surface area contributed by atoms with Crippen LogP contribution in [0.3, 0.4) is 0 Å². The molecule has 2 amide bonds. The van der Waals surface area contributed by atoms with Crippen LogP contribution in [0.1, 0.15) is 68.2 Å². The molecule has 1 saturated heterocycles. The molecule has 0 radical (unpaired) electrons. The molecule has 1 aromatic carbocycles. The monoisotopic (exact) mass is 354 g/mol. The summed E-state index contributed by atoms with van der Waals surface area (Å²) in [6.45, 7) is 9.23. The van der Waals surface area contributed by atoms with Crippen LogP contribution in [-0.4, -0.2) is 29.8 Å². The summed E-state index contributed by atoms with van der Waals surface area (Å²) in [6.07, 6.45) is 6.04. The average molecular weight is 354 g/mol. The van der Waals surface area contributed by atoms with E-state index < -0.39 is 0 Å². The Kier molecular flexibility index (Phi) is 5.80. The summed E-state index contributed by atoms with van der Waals surface area (Å²) in [4.78, 5) is 26.3. The normalized spacial score (nSPS) is 20.6. The standard InChI is InChI=1S/C22H30N2O2/c1-4-21(25)24-12-10-17(11-13-24)22(26)23-20-7-5-6-16-8-9-18(15(2)3)14-19(16)20/h4,8-9,14-15,17,20H,1,5-7,10-13H2,2-3H3,(H,23,26)/t20-/m1/s1. The van der Waals surface area contributed by atoms with Crippen molar-refractivity contribution in [3.8, 4) is 0 Å². The van der Waals surface area contributed by atoms with Crippen molar-refractivity contribution < 1.29 is 9.59 Å². The molecule has 4 heteroatoms. The van der Waals surface area contributed by atoms with Gasteiger partial charge in [-0.05, 0) is 60.8 Å². The summed E-state index contributed by atoms with van der Waals surface area (Å²) < 4.78 is 0. The van der Waals surface area contributed by atoms with Crippen molar-refractivity contribution in [1.29, 1.82) is 0 Å². The number of piperidine rings is 1. The van der Waals surface area contributed by atoms with Crippen LogP contribution in [0.5, 0.6) is 0 Å². The Morgan fingerprint density at radius 3 is 2.62 bits per heavy atom. The summed E-state index contributed by atoms with van der Waals surface area (Å²) in [5.41, 5.74) is 4.01. The average Bonchev–Trinajstić information content (AvgIpc) is 2.67. The molecule has 0 bridgehead atoms. The van der Waals surface area contributed by atoms with E-state index in [1.807, 2.05) is 0 Å². The van der Waals surface area contributed by atoms with Crippen molar-refractivity contribution in [2.24, 2.45) is 5.92 Å². The van der Waals surface area contributed by atoms with Crippen molar-refractivity contribution in [3.05, 3.63) is 47.5 Å². The molecule has 0 unspecified atom stereocenters. The number of rotatable bonds is 4. The first-order valence-electron chi connectivity index (χ1n) is 9.84. The second kappa shape index (κ2) is 8.07. The zero-order valence-corrected chi connectivity index (χ0v) is 16.0. The first kappa shape index (κ1) is 18.7. The van der Waals surface area contributed by atoms with E-state index in [9.17, 15) is 9.59 Å². The van der Waals surface area contributed by atoms with Crippen LogP contribution < -0.4 is 5.32 Å². The number of aryl methyl sites for hydroxylation is 1. The van der Waals surface area contributed by atoms with Crippen molar-refractivity contribution in [3.63, 3.8) is 0 Å². The predicted molar refractivity (Wildman–Crippen MR) is 104 cm³/mol. The lowest BCUT2D eigenvalue weighted by molar-refractivity contribution is -0.132. The number of nitrogens with one attached hydrogen (secondary N) is 1. The smallest absolute Gasteiger partial charge is 0.245 e. The Morgan fingerprint density at radius 1 is 1.23 bits per heavy atom. The molecule has 0 spiro atoms. The Bertz CT molecular complexity index is 687. The van der Waals surface area contributed by atoms with Gasteiger partial charge in [-0.25, -0.2) is 0 Å².